The molecule has 0 fully saturated rings. The second-order valence-electron chi connectivity index (χ2n) is 6.16. The van der Waals surface area contributed by atoms with Crippen LogP contribution in [0.5, 0.6) is 5.75 Å². The maximum atomic E-state index is 14.5. The Kier molecular flexibility index (Phi) is 6.88. The standard InChI is InChI=1S/C21H19BrClFN2O2/c1-28-9-3-8-25-20-11-13(21-16(23)4-2-5-17(21)24)10-18(26-20)15-12-14(22)6-7-19(15)27/h2,4-7,10-12,27H,3,8-9H2,1H3,(H,25,26). The lowest BCUT2D eigenvalue weighted by Gasteiger charge is -2.13. The highest BCUT2D eigenvalue weighted by Crippen LogP contribution is 2.37. The topological polar surface area (TPSA) is 54.4 Å². The molecule has 0 amide bonds. The molecule has 0 bridgehead atoms. The molecule has 0 saturated carbocycles. The Morgan fingerprint density at radius 1 is 1.21 bits per heavy atom. The van der Waals surface area contributed by atoms with E-state index in [1.807, 2.05) is 0 Å². The van der Waals surface area contributed by atoms with Gasteiger partial charge < -0.3 is 15.2 Å². The first kappa shape index (κ1) is 20.6. The molecule has 28 heavy (non-hydrogen) atoms. The van der Waals surface area contributed by atoms with Crippen molar-refractivity contribution in [1.29, 1.82) is 0 Å². The summed E-state index contributed by atoms with van der Waals surface area (Å²) in [6, 6.07) is 13.1. The first-order chi connectivity index (χ1) is 13.5. The molecule has 1 aromatic heterocycles. The molecular weight excluding hydrogens is 447 g/mol. The molecular formula is C21H19BrClFN2O2. The average Bonchev–Trinajstić information content (AvgIpc) is 2.67. The zero-order valence-electron chi connectivity index (χ0n) is 15.2. The maximum absolute atomic E-state index is 14.5. The van der Waals surface area contributed by atoms with Gasteiger partial charge in [-0.25, -0.2) is 9.37 Å². The third-order valence-electron chi connectivity index (χ3n) is 4.14. The SMILES string of the molecule is COCCCNc1cc(-c2c(F)cccc2Cl)cc(-c2cc(Br)ccc2O)n1. The summed E-state index contributed by atoms with van der Waals surface area (Å²) >= 11 is 9.67. The zero-order chi connectivity index (χ0) is 20.1. The van der Waals surface area contributed by atoms with Crippen molar-refractivity contribution in [3.05, 3.63) is 63.8 Å². The van der Waals surface area contributed by atoms with Crippen molar-refractivity contribution in [3.63, 3.8) is 0 Å². The number of benzene rings is 2. The van der Waals surface area contributed by atoms with Gasteiger partial charge in [-0.2, -0.15) is 0 Å². The van der Waals surface area contributed by atoms with Crippen molar-refractivity contribution < 1.29 is 14.2 Å². The van der Waals surface area contributed by atoms with Gasteiger partial charge in [0.1, 0.15) is 17.4 Å². The number of nitrogens with zero attached hydrogens (tertiary/aromatic N) is 1. The number of rotatable bonds is 7. The zero-order valence-corrected chi connectivity index (χ0v) is 17.5. The molecule has 0 radical (unpaired) electrons. The minimum Gasteiger partial charge on any atom is -0.507 e. The number of halogens is 3. The second-order valence-corrected chi connectivity index (χ2v) is 7.48. The summed E-state index contributed by atoms with van der Waals surface area (Å²) in [4.78, 5) is 4.59. The smallest absolute Gasteiger partial charge is 0.132 e. The normalized spacial score (nSPS) is 10.9. The maximum Gasteiger partial charge on any atom is 0.132 e. The van der Waals surface area contributed by atoms with E-state index in [9.17, 15) is 9.50 Å². The van der Waals surface area contributed by atoms with Crippen LogP contribution < -0.4 is 5.32 Å². The summed E-state index contributed by atoms with van der Waals surface area (Å²) in [5, 5.41) is 13.8. The van der Waals surface area contributed by atoms with Crippen LogP contribution in [0.15, 0.2) is 53.0 Å². The number of aromatic nitrogens is 1. The number of anilines is 1. The number of hydrogen-bond acceptors (Lipinski definition) is 4. The van der Waals surface area contributed by atoms with E-state index < -0.39 is 5.82 Å². The lowest BCUT2D eigenvalue weighted by molar-refractivity contribution is 0.198. The summed E-state index contributed by atoms with van der Waals surface area (Å²) in [6.07, 6.45) is 0.792. The van der Waals surface area contributed by atoms with Gasteiger partial charge in [0.25, 0.3) is 0 Å². The van der Waals surface area contributed by atoms with Crippen LogP contribution in [0.1, 0.15) is 6.42 Å². The van der Waals surface area contributed by atoms with Gasteiger partial charge in [-0.1, -0.05) is 33.6 Å². The van der Waals surface area contributed by atoms with Crippen LogP contribution >= 0.6 is 27.5 Å². The van der Waals surface area contributed by atoms with Crippen LogP contribution in [0.2, 0.25) is 5.02 Å². The number of hydrogen-bond donors (Lipinski definition) is 2. The minimum atomic E-state index is -0.423. The summed E-state index contributed by atoms with van der Waals surface area (Å²) in [5.74, 6) is 0.216. The van der Waals surface area contributed by atoms with Crippen molar-refractivity contribution in [1.82, 2.24) is 4.98 Å². The van der Waals surface area contributed by atoms with E-state index in [0.717, 1.165) is 10.9 Å². The molecule has 0 saturated heterocycles. The van der Waals surface area contributed by atoms with E-state index in [4.69, 9.17) is 16.3 Å². The van der Waals surface area contributed by atoms with Crippen LogP contribution in [0, 0.1) is 5.82 Å². The lowest BCUT2D eigenvalue weighted by atomic mass is 10.0. The van der Waals surface area contributed by atoms with Crippen molar-refractivity contribution >= 4 is 33.3 Å². The Morgan fingerprint density at radius 3 is 2.79 bits per heavy atom. The Hall–Kier alpha value is -2.15. The molecule has 4 nitrogen and oxygen atoms in total. The molecule has 146 valence electrons. The van der Waals surface area contributed by atoms with Crippen LogP contribution in [-0.2, 0) is 4.74 Å². The summed E-state index contributed by atoms with van der Waals surface area (Å²) in [5.41, 5.74) is 1.90. The van der Waals surface area contributed by atoms with E-state index in [2.05, 4.69) is 26.2 Å². The Labute approximate surface area is 176 Å². The van der Waals surface area contributed by atoms with Gasteiger partial charge in [0.15, 0.2) is 0 Å². The number of nitrogens with one attached hydrogen (secondary N) is 1. The molecule has 3 rings (SSSR count). The van der Waals surface area contributed by atoms with Crippen molar-refractivity contribution in [2.24, 2.45) is 0 Å². The fraction of sp³-hybridized carbons (Fsp3) is 0.190. The van der Waals surface area contributed by atoms with Crippen LogP contribution in [0.25, 0.3) is 22.4 Å². The number of phenols is 1. The number of pyridine rings is 1. The van der Waals surface area contributed by atoms with Gasteiger partial charge in [-0.15, -0.1) is 0 Å². The van der Waals surface area contributed by atoms with Gasteiger partial charge >= 0.3 is 0 Å². The highest BCUT2D eigenvalue weighted by Gasteiger charge is 2.15. The molecule has 0 aliphatic rings. The van der Waals surface area contributed by atoms with E-state index in [0.29, 0.717) is 46.4 Å². The molecule has 0 spiro atoms. The molecule has 0 aliphatic carbocycles. The highest BCUT2D eigenvalue weighted by atomic mass is 79.9. The van der Waals surface area contributed by atoms with E-state index >= 15 is 0 Å². The van der Waals surface area contributed by atoms with Gasteiger partial charge in [-0.05, 0) is 54.4 Å². The van der Waals surface area contributed by atoms with Crippen molar-refractivity contribution in [2.75, 3.05) is 25.6 Å². The summed E-state index contributed by atoms with van der Waals surface area (Å²) in [6.45, 7) is 1.25. The molecule has 1 heterocycles. The third kappa shape index (κ3) is 4.82. The Balaban J connectivity index is 2.10. The molecule has 0 unspecified atom stereocenters. The van der Waals surface area contributed by atoms with Crippen LogP contribution in [0.4, 0.5) is 10.2 Å². The molecule has 0 atom stereocenters. The lowest BCUT2D eigenvalue weighted by Crippen LogP contribution is -2.06. The summed E-state index contributed by atoms with van der Waals surface area (Å²) in [7, 11) is 1.65. The Morgan fingerprint density at radius 2 is 2.04 bits per heavy atom. The van der Waals surface area contributed by atoms with Crippen LogP contribution in [0.3, 0.4) is 0 Å². The van der Waals surface area contributed by atoms with Gasteiger partial charge in [0.05, 0.1) is 10.7 Å². The quantitative estimate of drug-likeness (QED) is 0.412. The van der Waals surface area contributed by atoms with Crippen molar-refractivity contribution in [2.45, 2.75) is 6.42 Å². The third-order valence-corrected chi connectivity index (χ3v) is 4.95. The molecule has 7 heteroatoms. The molecule has 2 aromatic carbocycles. The molecule has 2 N–H and O–H groups in total. The first-order valence-electron chi connectivity index (χ1n) is 8.67. The van der Waals surface area contributed by atoms with E-state index in [-0.39, 0.29) is 5.75 Å². The van der Waals surface area contributed by atoms with Gasteiger partial charge in [-0.3, -0.25) is 0 Å². The largest absolute Gasteiger partial charge is 0.507 e. The first-order valence-corrected chi connectivity index (χ1v) is 9.85. The second kappa shape index (κ2) is 9.37. The molecule has 0 aliphatic heterocycles. The van der Waals surface area contributed by atoms with E-state index in [1.165, 1.54) is 6.07 Å². The van der Waals surface area contributed by atoms with Crippen LogP contribution in [-0.4, -0.2) is 30.4 Å². The fourth-order valence-electron chi connectivity index (χ4n) is 2.82. The minimum absolute atomic E-state index is 0.0813. The van der Waals surface area contributed by atoms with E-state index in [1.54, 1.807) is 49.6 Å². The van der Waals surface area contributed by atoms with Crippen molar-refractivity contribution in [3.8, 4) is 28.1 Å². The Bertz CT molecular complexity index is 964. The van der Waals surface area contributed by atoms with Gasteiger partial charge in [0, 0.05) is 35.9 Å². The van der Waals surface area contributed by atoms with Gasteiger partial charge in [0.2, 0.25) is 0 Å². The average molecular weight is 466 g/mol. The fourth-order valence-corrected chi connectivity index (χ4v) is 3.46. The predicted molar refractivity (Wildman–Crippen MR) is 114 cm³/mol. The number of aromatic hydroxyl groups is 1. The number of ether oxygens (including phenoxy) is 1. The summed E-state index contributed by atoms with van der Waals surface area (Å²) < 4.78 is 20.4. The number of methoxy groups -OCH3 is 1. The monoisotopic (exact) mass is 464 g/mol. The number of phenolic OH excluding ortho intramolecular Hbond substituents is 1. The highest BCUT2D eigenvalue weighted by molar-refractivity contribution is 9.10. The predicted octanol–water partition coefficient (Wildman–Crippen LogP) is 6.12. The molecule has 3 aromatic rings.